The fourth-order valence-corrected chi connectivity index (χ4v) is 3.43. The van der Waals surface area contributed by atoms with E-state index >= 15 is 0 Å². The number of methoxy groups -OCH3 is 2. The van der Waals surface area contributed by atoms with Crippen molar-refractivity contribution in [3.8, 4) is 11.5 Å². The highest BCUT2D eigenvalue weighted by atomic mass is 16.5. The summed E-state index contributed by atoms with van der Waals surface area (Å²) in [6, 6.07) is 11.9. The standard InChI is InChI=1S/C22H26N2O5/c1-14-12-24(13-15(2)29-14)22(26)19-7-5-6-8-20(19)23-21(25)16-9-17(27-3)11-18(10-16)28-4/h5-11,14-15H,12-13H2,1-4H3,(H,23,25). The van der Waals surface area contributed by atoms with Gasteiger partial charge in [-0.2, -0.15) is 0 Å². The van der Waals surface area contributed by atoms with E-state index in [0.717, 1.165) is 0 Å². The van der Waals surface area contributed by atoms with Gasteiger partial charge in [0.05, 0.1) is 37.7 Å². The summed E-state index contributed by atoms with van der Waals surface area (Å²) in [5.41, 5.74) is 1.27. The second-order valence-electron chi connectivity index (χ2n) is 7.07. The summed E-state index contributed by atoms with van der Waals surface area (Å²) in [6.45, 7) is 4.91. The third-order valence-electron chi connectivity index (χ3n) is 4.73. The van der Waals surface area contributed by atoms with Gasteiger partial charge in [-0.15, -0.1) is 0 Å². The Bertz CT molecular complexity index is 866. The molecule has 1 heterocycles. The molecule has 0 spiro atoms. The Morgan fingerprint density at radius 2 is 1.59 bits per heavy atom. The molecule has 1 aliphatic heterocycles. The SMILES string of the molecule is COc1cc(OC)cc(C(=O)Nc2ccccc2C(=O)N2CC(C)OC(C)C2)c1. The van der Waals surface area contributed by atoms with Crippen LogP contribution in [-0.4, -0.2) is 56.2 Å². The summed E-state index contributed by atoms with van der Waals surface area (Å²) in [6.07, 6.45) is -0.0672. The lowest BCUT2D eigenvalue weighted by molar-refractivity contribution is -0.0585. The predicted octanol–water partition coefficient (Wildman–Crippen LogP) is 3.21. The van der Waals surface area contributed by atoms with Crippen molar-refractivity contribution >= 4 is 17.5 Å². The molecule has 7 heteroatoms. The molecule has 1 fully saturated rings. The number of anilines is 1. The van der Waals surface area contributed by atoms with E-state index in [9.17, 15) is 9.59 Å². The second-order valence-corrected chi connectivity index (χ2v) is 7.07. The highest BCUT2D eigenvalue weighted by molar-refractivity contribution is 6.09. The van der Waals surface area contributed by atoms with Crippen LogP contribution in [-0.2, 0) is 4.74 Å². The molecule has 154 valence electrons. The molecule has 0 aromatic heterocycles. The zero-order chi connectivity index (χ0) is 21.0. The van der Waals surface area contributed by atoms with Gasteiger partial charge in [-0.05, 0) is 38.1 Å². The van der Waals surface area contributed by atoms with Gasteiger partial charge in [-0.3, -0.25) is 9.59 Å². The molecule has 1 aliphatic rings. The maximum Gasteiger partial charge on any atom is 0.256 e. The first kappa shape index (κ1) is 20.7. The third kappa shape index (κ3) is 4.86. The Morgan fingerprint density at radius 3 is 2.17 bits per heavy atom. The fourth-order valence-electron chi connectivity index (χ4n) is 3.43. The van der Waals surface area contributed by atoms with Gasteiger partial charge >= 0.3 is 0 Å². The van der Waals surface area contributed by atoms with Crippen LogP contribution in [0.3, 0.4) is 0 Å². The Labute approximate surface area is 170 Å². The molecule has 2 unspecified atom stereocenters. The van der Waals surface area contributed by atoms with Crippen molar-refractivity contribution in [1.82, 2.24) is 4.90 Å². The molecule has 29 heavy (non-hydrogen) atoms. The minimum atomic E-state index is -0.355. The molecule has 2 amide bonds. The zero-order valence-electron chi connectivity index (χ0n) is 17.1. The summed E-state index contributed by atoms with van der Waals surface area (Å²) < 4.78 is 16.2. The molecule has 1 saturated heterocycles. The van der Waals surface area contributed by atoms with Gasteiger partial charge in [-0.1, -0.05) is 12.1 Å². The zero-order valence-corrected chi connectivity index (χ0v) is 17.1. The average Bonchev–Trinajstić information content (AvgIpc) is 2.72. The number of carbonyl (C=O) groups is 2. The Hall–Kier alpha value is -3.06. The van der Waals surface area contributed by atoms with E-state index in [4.69, 9.17) is 14.2 Å². The first-order valence-corrected chi connectivity index (χ1v) is 9.49. The summed E-state index contributed by atoms with van der Waals surface area (Å²) >= 11 is 0. The number of benzene rings is 2. The molecular formula is C22H26N2O5. The van der Waals surface area contributed by atoms with E-state index in [-0.39, 0.29) is 24.0 Å². The number of ether oxygens (including phenoxy) is 3. The van der Waals surface area contributed by atoms with Gasteiger partial charge in [0.2, 0.25) is 0 Å². The Kier molecular flexibility index (Phi) is 6.39. The number of hydrogen-bond donors (Lipinski definition) is 1. The van der Waals surface area contributed by atoms with Crippen molar-refractivity contribution in [1.29, 1.82) is 0 Å². The van der Waals surface area contributed by atoms with Crippen LogP contribution in [0.5, 0.6) is 11.5 Å². The topological polar surface area (TPSA) is 77.1 Å². The van der Waals surface area contributed by atoms with Gasteiger partial charge in [0.1, 0.15) is 11.5 Å². The van der Waals surface area contributed by atoms with E-state index in [1.54, 1.807) is 47.4 Å². The van der Waals surface area contributed by atoms with Gasteiger partial charge in [-0.25, -0.2) is 0 Å². The number of hydrogen-bond acceptors (Lipinski definition) is 5. The average molecular weight is 398 g/mol. The van der Waals surface area contributed by atoms with E-state index in [1.807, 2.05) is 13.8 Å². The van der Waals surface area contributed by atoms with Crippen molar-refractivity contribution in [2.75, 3.05) is 32.6 Å². The Balaban J connectivity index is 1.84. The fraction of sp³-hybridized carbons (Fsp3) is 0.364. The predicted molar refractivity (Wildman–Crippen MR) is 110 cm³/mol. The van der Waals surface area contributed by atoms with Gasteiger partial charge in [0, 0.05) is 24.7 Å². The molecular weight excluding hydrogens is 372 g/mol. The van der Waals surface area contributed by atoms with Gasteiger partial charge in [0.15, 0.2) is 0 Å². The number of morpholine rings is 1. The molecule has 0 aliphatic carbocycles. The normalized spacial score (nSPS) is 18.8. The molecule has 1 N–H and O–H groups in total. The van der Waals surface area contributed by atoms with E-state index in [2.05, 4.69) is 5.32 Å². The molecule has 0 radical (unpaired) electrons. The lowest BCUT2D eigenvalue weighted by Crippen LogP contribution is -2.48. The van der Waals surface area contributed by atoms with Crippen LogP contribution < -0.4 is 14.8 Å². The lowest BCUT2D eigenvalue weighted by atomic mass is 10.1. The number of nitrogens with one attached hydrogen (secondary N) is 1. The third-order valence-corrected chi connectivity index (χ3v) is 4.73. The second kappa shape index (κ2) is 8.96. The quantitative estimate of drug-likeness (QED) is 0.837. The smallest absolute Gasteiger partial charge is 0.256 e. The van der Waals surface area contributed by atoms with Crippen LogP contribution in [0.25, 0.3) is 0 Å². The molecule has 7 nitrogen and oxygen atoms in total. The molecule has 2 aromatic carbocycles. The monoisotopic (exact) mass is 398 g/mol. The van der Waals surface area contributed by atoms with Crippen LogP contribution in [0.1, 0.15) is 34.6 Å². The van der Waals surface area contributed by atoms with Crippen molar-refractivity contribution < 1.29 is 23.8 Å². The van der Waals surface area contributed by atoms with Crippen LogP contribution in [0, 0.1) is 0 Å². The van der Waals surface area contributed by atoms with Crippen molar-refractivity contribution in [2.24, 2.45) is 0 Å². The van der Waals surface area contributed by atoms with Crippen LogP contribution in [0.4, 0.5) is 5.69 Å². The number of nitrogens with zero attached hydrogens (tertiary/aromatic N) is 1. The van der Waals surface area contributed by atoms with Gasteiger partial charge in [0.25, 0.3) is 11.8 Å². The van der Waals surface area contributed by atoms with Crippen LogP contribution >= 0.6 is 0 Å². The maximum absolute atomic E-state index is 13.1. The van der Waals surface area contributed by atoms with Crippen LogP contribution in [0.2, 0.25) is 0 Å². The summed E-state index contributed by atoms with van der Waals surface area (Å²) in [4.78, 5) is 27.7. The summed E-state index contributed by atoms with van der Waals surface area (Å²) in [5.74, 6) is 0.530. The van der Waals surface area contributed by atoms with E-state index in [1.165, 1.54) is 14.2 Å². The first-order valence-electron chi connectivity index (χ1n) is 9.49. The number of amides is 2. The minimum absolute atomic E-state index is 0.0336. The largest absolute Gasteiger partial charge is 0.497 e. The first-order chi connectivity index (χ1) is 13.9. The van der Waals surface area contributed by atoms with E-state index in [0.29, 0.717) is 41.4 Å². The van der Waals surface area contributed by atoms with Crippen molar-refractivity contribution in [3.05, 3.63) is 53.6 Å². The highest BCUT2D eigenvalue weighted by Crippen LogP contribution is 2.25. The minimum Gasteiger partial charge on any atom is -0.497 e. The van der Waals surface area contributed by atoms with E-state index < -0.39 is 0 Å². The molecule has 3 rings (SSSR count). The molecule has 2 atom stereocenters. The Morgan fingerprint density at radius 1 is 1.00 bits per heavy atom. The molecule has 2 aromatic rings. The molecule has 0 bridgehead atoms. The lowest BCUT2D eigenvalue weighted by Gasteiger charge is -2.35. The van der Waals surface area contributed by atoms with Crippen LogP contribution in [0.15, 0.2) is 42.5 Å². The number of para-hydroxylation sites is 1. The van der Waals surface area contributed by atoms with Crippen molar-refractivity contribution in [2.45, 2.75) is 26.1 Å². The number of rotatable bonds is 5. The van der Waals surface area contributed by atoms with Gasteiger partial charge < -0.3 is 24.4 Å². The highest BCUT2D eigenvalue weighted by Gasteiger charge is 2.28. The number of carbonyl (C=O) groups excluding carboxylic acids is 2. The molecule has 0 saturated carbocycles. The summed E-state index contributed by atoms with van der Waals surface area (Å²) in [7, 11) is 3.05. The van der Waals surface area contributed by atoms with Crippen molar-refractivity contribution in [3.63, 3.8) is 0 Å². The summed E-state index contributed by atoms with van der Waals surface area (Å²) in [5, 5.41) is 2.84. The maximum atomic E-state index is 13.1.